The number of hydrogen-bond acceptors (Lipinski definition) is 3. The number of nitrogens with one attached hydrogen (secondary N) is 1. The van der Waals surface area contributed by atoms with Crippen LogP contribution >= 0.6 is 12.2 Å². The highest BCUT2D eigenvalue weighted by molar-refractivity contribution is 7.71. The number of aromatic nitrogens is 2. The summed E-state index contributed by atoms with van der Waals surface area (Å²) in [4.78, 5) is 4.06. The number of H-pyrrole nitrogens is 1. The molecular weight excluding hydrogens is 220 g/mol. The molecule has 0 amide bonds. The minimum atomic E-state index is 0.376. The summed E-state index contributed by atoms with van der Waals surface area (Å²) in [5, 5.41) is 2.54. The van der Waals surface area contributed by atoms with Crippen molar-refractivity contribution in [2.24, 2.45) is 5.92 Å². The van der Waals surface area contributed by atoms with Crippen LogP contribution in [0.2, 0.25) is 0 Å². The maximum atomic E-state index is 5.13. The summed E-state index contributed by atoms with van der Waals surface area (Å²) >= 11 is 4.86. The van der Waals surface area contributed by atoms with Crippen molar-refractivity contribution in [3.8, 4) is 11.5 Å². The number of hydrogen-bond donors (Lipinski definition) is 1. The van der Waals surface area contributed by atoms with E-state index in [1.165, 1.54) is 5.56 Å². The molecular formula is C12H14N2OS. The Morgan fingerprint density at radius 2 is 2.00 bits per heavy atom. The van der Waals surface area contributed by atoms with Crippen molar-refractivity contribution in [1.29, 1.82) is 0 Å². The van der Waals surface area contributed by atoms with Gasteiger partial charge >= 0.3 is 0 Å². The lowest BCUT2D eigenvalue weighted by Crippen LogP contribution is -1.93. The highest BCUT2D eigenvalue weighted by Crippen LogP contribution is 2.18. The lowest BCUT2D eigenvalue weighted by atomic mass is 10.0. The Kier molecular flexibility index (Phi) is 3.19. The zero-order chi connectivity index (χ0) is 11.5. The quantitative estimate of drug-likeness (QED) is 0.825. The lowest BCUT2D eigenvalue weighted by Gasteiger charge is -2.04. The van der Waals surface area contributed by atoms with Crippen molar-refractivity contribution in [2.75, 3.05) is 0 Å². The molecule has 2 rings (SSSR count). The van der Waals surface area contributed by atoms with E-state index in [9.17, 15) is 0 Å². The molecule has 0 unspecified atom stereocenters. The zero-order valence-electron chi connectivity index (χ0n) is 9.36. The van der Waals surface area contributed by atoms with Crippen LogP contribution in [0.15, 0.2) is 28.8 Å². The number of aromatic amines is 1. The molecule has 84 valence electrons. The van der Waals surface area contributed by atoms with Crippen molar-refractivity contribution >= 4 is 12.2 Å². The summed E-state index contributed by atoms with van der Waals surface area (Å²) in [6, 6.07) is 8.21. The summed E-state index contributed by atoms with van der Waals surface area (Å²) in [6.45, 7) is 4.42. The lowest BCUT2D eigenvalue weighted by molar-refractivity contribution is 0.428. The minimum absolute atomic E-state index is 0.376. The topological polar surface area (TPSA) is 41.8 Å². The summed E-state index contributed by atoms with van der Waals surface area (Å²) in [5.41, 5.74) is 2.27. The minimum Gasteiger partial charge on any atom is -0.359 e. The van der Waals surface area contributed by atoms with E-state index in [-0.39, 0.29) is 0 Å². The van der Waals surface area contributed by atoms with Crippen LogP contribution in [0.25, 0.3) is 11.5 Å². The molecule has 0 fully saturated rings. The first-order chi connectivity index (χ1) is 7.65. The van der Waals surface area contributed by atoms with Crippen LogP contribution in [-0.2, 0) is 6.42 Å². The normalized spacial score (nSPS) is 10.9. The van der Waals surface area contributed by atoms with Gasteiger partial charge in [0.25, 0.3) is 5.89 Å². The molecule has 4 heteroatoms. The number of benzene rings is 1. The molecule has 1 aromatic heterocycles. The predicted molar refractivity (Wildman–Crippen MR) is 65.7 cm³/mol. The molecule has 0 radical (unpaired) electrons. The van der Waals surface area contributed by atoms with Gasteiger partial charge in [-0.3, -0.25) is 0 Å². The van der Waals surface area contributed by atoms with E-state index in [4.69, 9.17) is 16.7 Å². The van der Waals surface area contributed by atoms with Crippen molar-refractivity contribution in [1.82, 2.24) is 10.1 Å². The first-order valence-corrected chi connectivity index (χ1v) is 5.71. The van der Waals surface area contributed by atoms with E-state index >= 15 is 0 Å². The monoisotopic (exact) mass is 234 g/mol. The van der Waals surface area contributed by atoms with Crippen LogP contribution in [0.3, 0.4) is 0 Å². The number of rotatable bonds is 3. The van der Waals surface area contributed by atoms with Gasteiger partial charge in [0.2, 0.25) is 4.77 Å². The van der Waals surface area contributed by atoms with E-state index in [0.29, 0.717) is 16.6 Å². The van der Waals surface area contributed by atoms with Crippen molar-refractivity contribution in [2.45, 2.75) is 20.3 Å². The van der Waals surface area contributed by atoms with Gasteiger partial charge in [-0.2, -0.15) is 10.1 Å². The van der Waals surface area contributed by atoms with E-state index in [2.05, 4.69) is 36.1 Å². The standard InChI is InChI=1S/C12H14N2OS/c1-8(2)7-9-3-5-10(6-4-9)11-13-12(16)14-15-11/h3-6,8H,7H2,1-2H3,(H,14,16). The van der Waals surface area contributed by atoms with E-state index in [1.54, 1.807) is 0 Å². The van der Waals surface area contributed by atoms with Gasteiger partial charge in [0.15, 0.2) is 0 Å². The third-order valence-corrected chi connectivity index (χ3v) is 2.46. The van der Waals surface area contributed by atoms with Crippen LogP contribution < -0.4 is 0 Å². The molecule has 0 aliphatic carbocycles. The average Bonchev–Trinajstić information content (AvgIpc) is 2.65. The summed E-state index contributed by atoms with van der Waals surface area (Å²) in [6.07, 6.45) is 1.09. The third-order valence-electron chi connectivity index (χ3n) is 2.28. The highest BCUT2D eigenvalue weighted by Gasteiger charge is 2.04. The number of nitrogens with zero attached hydrogens (tertiary/aromatic N) is 1. The van der Waals surface area contributed by atoms with Crippen molar-refractivity contribution in [3.63, 3.8) is 0 Å². The van der Waals surface area contributed by atoms with Gasteiger partial charge in [0.05, 0.1) is 0 Å². The fourth-order valence-corrected chi connectivity index (χ4v) is 1.73. The van der Waals surface area contributed by atoms with Crippen LogP contribution in [0.4, 0.5) is 0 Å². The molecule has 0 aliphatic rings. The van der Waals surface area contributed by atoms with Crippen LogP contribution in [0.5, 0.6) is 0 Å². The molecule has 3 nitrogen and oxygen atoms in total. The largest absolute Gasteiger partial charge is 0.359 e. The van der Waals surface area contributed by atoms with Gasteiger partial charge < -0.3 is 4.52 Å². The van der Waals surface area contributed by atoms with Crippen molar-refractivity contribution in [3.05, 3.63) is 34.6 Å². The average molecular weight is 234 g/mol. The molecule has 0 saturated heterocycles. The Hall–Kier alpha value is -1.42. The molecule has 0 atom stereocenters. The first-order valence-electron chi connectivity index (χ1n) is 5.30. The second-order valence-corrected chi connectivity index (χ2v) is 4.61. The smallest absolute Gasteiger partial charge is 0.255 e. The molecule has 1 aromatic carbocycles. The van der Waals surface area contributed by atoms with Crippen LogP contribution in [0, 0.1) is 10.7 Å². The molecule has 2 aromatic rings. The Morgan fingerprint density at radius 3 is 2.50 bits per heavy atom. The highest BCUT2D eigenvalue weighted by atomic mass is 32.1. The van der Waals surface area contributed by atoms with E-state index in [1.807, 2.05) is 12.1 Å². The summed E-state index contributed by atoms with van der Waals surface area (Å²) in [5.74, 6) is 1.21. The maximum absolute atomic E-state index is 5.13. The SMILES string of the molecule is CC(C)Cc1ccc(-c2nc(=S)[nH]o2)cc1. The van der Waals surface area contributed by atoms with E-state index in [0.717, 1.165) is 12.0 Å². The fraction of sp³-hybridized carbons (Fsp3) is 0.333. The summed E-state index contributed by atoms with van der Waals surface area (Å²) in [7, 11) is 0. The molecule has 1 heterocycles. The van der Waals surface area contributed by atoms with Crippen LogP contribution in [0.1, 0.15) is 19.4 Å². The Balaban J connectivity index is 2.22. The fourth-order valence-electron chi connectivity index (χ4n) is 1.61. The Labute approximate surface area is 99.5 Å². The second-order valence-electron chi connectivity index (χ2n) is 4.22. The molecule has 1 N–H and O–H groups in total. The Morgan fingerprint density at radius 1 is 1.31 bits per heavy atom. The molecule has 0 saturated carbocycles. The predicted octanol–water partition coefficient (Wildman–Crippen LogP) is 3.60. The zero-order valence-corrected chi connectivity index (χ0v) is 10.2. The van der Waals surface area contributed by atoms with Gasteiger partial charge in [-0.05, 0) is 42.3 Å². The molecule has 16 heavy (non-hydrogen) atoms. The van der Waals surface area contributed by atoms with Crippen molar-refractivity contribution < 1.29 is 4.52 Å². The van der Waals surface area contributed by atoms with Crippen LogP contribution in [-0.4, -0.2) is 10.1 Å². The van der Waals surface area contributed by atoms with Gasteiger partial charge in [-0.1, -0.05) is 26.0 Å². The molecule has 0 aliphatic heterocycles. The van der Waals surface area contributed by atoms with E-state index < -0.39 is 0 Å². The van der Waals surface area contributed by atoms with Gasteiger partial charge in [-0.25, -0.2) is 0 Å². The van der Waals surface area contributed by atoms with Gasteiger partial charge in [0, 0.05) is 5.56 Å². The maximum Gasteiger partial charge on any atom is 0.255 e. The summed E-state index contributed by atoms with van der Waals surface area (Å²) < 4.78 is 5.51. The second kappa shape index (κ2) is 4.61. The van der Waals surface area contributed by atoms with Gasteiger partial charge in [0.1, 0.15) is 0 Å². The molecule has 0 bridgehead atoms. The molecule has 0 spiro atoms. The first kappa shape index (κ1) is 11.1. The van der Waals surface area contributed by atoms with Gasteiger partial charge in [-0.15, -0.1) is 0 Å². The third kappa shape index (κ3) is 2.58. The Bertz CT molecular complexity index is 510.